The summed E-state index contributed by atoms with van der Waals surface area (Å²) in [5.74, 6) is -0.138. The van der Waals surface area contributed by atoms with Crippen LogP contribution in [0.4, 0.5) is 0 Å². The number of primary amides is 1. The molecular weight excluding hydrogens is 134 g/mol. The third-order valence-corrected chi connectivity index (χ3v) is 3.39. The highest BCUT2D eigenvalue weighted by molar-refractivity contribution is 8.00. The van der Waals surface area contributed by atoms with Crippen LogP contribution in [-0.4, -0.2) is 16.9 Å². The Morgan fingerprint density at radius 3 is 2.22 bits per heavy atom. The minimum absolute atomic E-state index is 0.138. The van der Waals surface area contributed by atoms with Gasteiger partial charge in [-0.2, -0.15) is 0 Å². The summed E-state index contributed by atoms with van der Waals surface area (Å²) < 4.78 is -0.181. The van der Waals surface area contributed by atoms with Crippen molar-refractivity contribution in [1.29, 1.82) is 0 Å². The molecule has 0 radical (unpaired) electrons. The summed E-state index contributed by atoms with van der Waals surface area (Å²) in [6.45, 7) is 0. The van der Waals surface area contributed by atoms with E-state index in [1.807, 2.05) is 6.26 Å². The molecule has 0 aliphatic heterocycles. The van der Waals surface area contributed by atoms with Gasteiger partial charge in [-0.15, -0.1) is 11.8 Å². The van der Waals surface area contributed by atoms with Gasteiger partial charge >= 0.3 is 0 Å². The van der Waals surface area contributed by atoms with Crippen LogP contribution in [0.1, 0.15) is 19.3 Å². The molecule has 1 saturated carbocycles. The van der Waals surface area contributed by atoms with E-state index in [1.165, 1.54) is 0 Å². The standard InChI is InChI=1S/C6H11NOS/c1-9-6(5(7)8)3-2-4-6/h2-4H2,1H3,(H2,7,8). The first-order valence-corrected chi connectivity index (χ1v) is 4.29. The van der Waals surface area contributed by atoms with Crippen LogP contribution in [0.3, 0.4) is 0 Å². The lowest BCUT2D eigenvalue weighted by Crippen LogP contribution is -2.46. The van der Waals surface area contributed by atoms with Gasteiger partial charge in [0.1, 0.15) is 0 Å². The molecule has 1 amide bonds. The van der Waals surface area contributed by atoms with Gasteiger partial charge in [0, 0.05) is 0 Å². The average molecular weight is 145 g/mol. The van der Waals surface area contributed by atoms with Crippen LogP contribution in [-0.2, 0) is 4.79 Å². The molecule has 9 heavy (non-hydrogen) atoms. The van der Waals surface area contributed by atoms with Crippen molar-refractivity contribution in [2.45, 2.75) is 24.0 Å². The zero-order valence-corrected chi connectivity index (χ0v) is 6.33. The largest absolute Gasteiger partial charge is 0.368 e. The highest BCUT2D eigenvalue weighted by Gasteiger charge is 2.41. The van der Waals surface area contributed by atoms with Crippen LogP contribution >= 0.6 is 11.8 Å². The molecule has 1 rings (SSSR count). The maximum absolute atomic E-state index is 10.7. The number of thioether (sulfide) groups is 1. The molecule has 2 nitrogen and oxygen atoms in total. The highest BCUT2D eigenvalue weighted by Crippen LogP contribution is 2.42. The van der Waals surface area contributed by atoms with E-state index in [4.69, 9.17) is 5.73 Å². The molecule has 0 aromatic carbocycles. The smallest absolute Gasteiger partial charge is 0.233 e. The molecule has 0 bridgehead atoms. The Kier molecular flexibility index (Phi) is 1.70. The van der Waals surface area contributed by atoms with Crippen LogP contribution in [0.2, 0.25) is 0 Å². The topological polar surface area (TPSA) is 43.1 Å². The molecule has 0 atom stereocenters. The molecule has 52 valence electrons. The van der Waals surface area contributed by atoms with Crippen molar-refractivity contribution >= 4 is 17.7 Å². The van der Waals surface area contributed by atoms with Crippen molar-refractivity contribution in [1.82, 2.24) is 0 Å². The Hall–Kier alpha value is -0.180. The van der Waals surface area contributed by atoms with Gasteiger partial charge in [0.05, 0.1) is 4.75 Å². The second-order valence-corrected chi connectivity index (χ2v) is 3.61. The van der Waals surface area contributed by atoms with Crippen molar-refractivity contribution in [2.24, 2.45) is 5.73 Å². The molecule has 0 spiro atoms. The van der Waals surface area contributed by atoms with Gasteiger partial charge in [0.2, 0.25) is 5.91 Å². The maximum Gasteiger partial charge on any atom is 0.233 e. The van der Waals surface area contributed by atoms with E-state index < -0.39 is 0 Å². The fourth-order valence-electron chi connectivity index (χ4n) is 1.05. The number of rotatable bonds is 2. The monoisotopic (exact) mass is 145 g/mol. The van der Waals surface area contributed by atoms with Gasteiger partial charge in [-0.1, -0.05) is 0 Å². The fourth-order valence-corrected chi connectivity index (χ4v) is 1.95. The molecule has 3 heteroatoms. The van der Waals surface area contributed by atoms with E-state index in [2.05, 4.69) is 0 Å². The number of carbonyl (C=O) groups is 1. The summed E-state index contributed by atoms with van der Waals surface area (Å²) in [5, 5.41) is 0. The lowest BCUT2D eigenvalue weighted by atomic mass is 9.84. The van der Waals surface area contributed by atoms with E-state index in [0.29, 0.717) is 0 Å². The van der Waals surface area contributed by atoms with Crippen LogP contribution in [0.15, 0.2) is 0 Å². The first-order valence-electron chi connectivity index (χ1n) is 3.06. The normalized spacial score (nSPS) is 22.8. The van der Waals surface area contributed by atoms with E-state index in [9.17, 15) is 4.79 Å². The summed E-state index contributed by atoms with van der Waals surface area (Å²) >= 11 is 1.59. The molecule has 0 unspecified atom stereocenters. The first-order chi connectivity index (χ1) is 4.21. The summed E-state index contributed by atoms with van der Waals surface area (Å²) in [4.78, 5) is 10.7. The minimum Gasteiger partial charge on any atom is -0.368 e. The third kappa shape index (κ3) is 0.936. The molecule has 0 saturated heterocycles. The summed E-state index contributed by atoms with van der Waals surface area (Å²) in [7, 11) is 0. The molecule has 2 N–H and O–H groups in total. The van der Waals surface area contributed by atoms with Crippen molar-refractivity contribution < 1.29 is 4.79 Å². The second kappa shape index (κ2) is 2.21. The predicted molar refractivity (Wildman–Crippen MR) is 39.3 cm³/mol. The minimum atomic E-state index is -0.181. The molecule has 1 aliphatic carbocycles. The third-order valence-electron chi connectivity index (χ3n) is 2.00. The van der Waals surface area contributed by atoms with Gasteiger partial charge < -0.3 is 5.73 Å². The Morgan fingerprint density at radius 1 is 1.67 bits per heavy atom. The van der Waals surface area contributed by atoms with Crippen LogP contribution < -0.4 is 5.73 Å². The molecular formula is C6H11NOS. The number of hydrogen-bond donors (Lipinski definition) is 1. The van der Waals surface area contributed by atoms with Crippen molar-refractivity contribution in [3.05, 3.63) is 0 Å². The van der Waals surface area contributed by atoms with Crippen molar-refractivity contribution in [3.63, 3.8) is 0 Å². The van der Waals surface area contributed by atoms with Crippen LogP contribution in [0.5, 0.6) is 0 Å². The molecule has 1 aliphatic rings. The molecule has 0 aromatic rings. The number of amides is 1. The fraction of sp³-hybridized carbons (Fsp3) is 0.833. The predicted octanol–water partition coefficient (Wildman–Crippen LogP) is 0.757. The summed E-state index contributed by atoms with van der Waals surface area (Å²) in [5.41, 5.74) is 5.18. The Labute approximate surface area is 59.2 Å². The maximum atomic E-state index is 10.7. The highest BCUT2D eigenvalue weighted by atomic mass is 32.2. The first kappa shape index (κ1) is 6.93. The van der Waals surface area contributed by atoms with Gasteiger partial charge in [0.25, 0.3) is 0 Å². The quantitative estimate of drug-likeness (QED) is 0.623. The van der Waals surface area contributed by atoms with E-state index in [0.717, 1.165) is 19.3 Å². The Bertz CT molecular complexity index is 126. The van der Waals surface area contributed by atoms with Gasteiger partial charge in [0.15, 0.2) is 0 Å². The van der Waals surface area contributed by atoms with Crippen molar-refractivity contribution in [3.8, 4) is 0 Å². The van der Waals surface area contributed by atoms with Gasteiger partial charge in [-0.25, -0.2) is 0 Å². The summed E-state index contributed by atoms with van der Waals surface area (Å²) in [6.07, 6.45) is 5.06. The van der Waals surface area contributed by atoms with E-state index in [1.54, 1.807) is 11.8 Å². The molecule has 1 fully saturated rings. The Morgan fingerprint density at radius 2 is 2.22 bits per heavy atom. The van der Waals surface area contributed by atoms with Crippen LogP contribution in [0.25, 0.3) is 0 Å². The number of carbonyl (C=O) groups excluding carboxylic acids is 1. The molecule has 0 heterocycles. The van der Waals surface area contributed by atoms with E-state index in [-0.39, 0.29) is 10.7 Å². The SMILES string of the molecule is CSC1(C(N)=O)CCC1. The number of nitrogens with two attached hydrogens (primary N) is 1. The average Bonchev–Trinajstić information content (AvgIpc) is 1.62. The zero-order chi connectivity index (χ0) is 6.91. The van der Waals surface area contributed by atoms with Crippen molar-refractivity contribution in [2.75, 3.05) is 6.26 Å². The van der Waals surface area contributed by atoms with Gasteiger partial charge in [-0.05, 0) is 25.5 Å². The second-order valence-electron chi connectivity index (χ2n) is 2.42. The zero-order valence-electron chi connectivity index (χ0n) is 5.52. The summed E-state index contributed by atoms with van der Waals surface area (Å²) in [6, 6.07) is 0. The lowest BCUT2D eigenvalue weighted by molar-refractivity contribution is -0.122. The Balaban J connectivity index is 2.57. The number of hydrogen-bond acceptors (Lipinski definition) is 2. The lowest BCUT2D eigenvalue weighted by Gasteiger charge is -2.36. The van der Waals surface area contributed by atoms with Gasteiger partial charge in [-0.3, -0.25) is 4.79 Å². The molecule has 0 aromatic heterocycles. The van der Waals surface area contributed by atoms with Crippen LogP contribution in [0, 0.1) is 0 Å². The van der Waals surface area contributed by atoms with E-state index >= 15 is 0 Å².